The molecule has 1 aliphatic heterocycles. The molecule has 0 radical (unpaired) electrons. The highest BCUT2D eigenvalue weighted by Gasteiger charge is 2.51. The standard InChI is InChI=1S/C13H20N2O.C4H8O/c1-11-3-8-14-15(11)10-13(16)5-2-4-12(9-13)6-7-12;1-2-4-5-3-1/h3,8,16H,2,4-7,9-10H2,1H3;1-4H2. The van der Waals surface area contributed by atoms with Crippen LogP contribution in [0.4, 0.5) is 0 Å². The predicted octanol–water partition coefficient (Wildman–Crippen LogP) is 3.07. The summed E-state index contributed by atoms with van der Waals surface area (Å²) < 4.78 is 6.89. The minimum Gasteiger partial charge on any atom is -0.388 e. The summed E-state index contributed by atoms with van der Waals surface area (Å²) in [5.41, 5.74) is 1.14. The summed E-state index contributed by atoms with van der Waals surface area (Å²) in [5.74, 6) is 0. The van der Waals surface area contributed by atoms with Gasteiger partial charge < -0.3 is 9.84 Å². The molecule has 4 rings (SSSR count). The molecule has 1 spiro atoms. The average Bonchev–Trinajstić information content (AvgIpc) is 2.89. The summed E-state index contributed by atoms with van der Waals surface area (Å²) in [6, 6.07) is 2.00. The lowest BCUT2D eigenvalue weighted by Gasteiger charge is -2.37. The Morgan fingerprint density at radius 1 is 1.19 bits per heavy atom. The number of rotatable bonds is 2. The van der Waals surface area contributed by atoms with Gasteiger partial charge in [0.05, 0.1) is 12.1 Å². The van der Waals surface area contributed by atoms with Gasteiger partial charge in [-0.15, -0.1) is 0 Å². The van der Waals surface area contributed by atoms with Gasteiger partial charge in [0.15, 0.2) is 0 Å². The molecule has 118 valence electrons. The van der Waals surface area contributed by atoms with E-state index in [9.17, 15) is 5.11 Å². The first kappa shape index (κ1) is 15.0. The van der Waals surface area contributed by atoms with E-state index in [-0.39, 0.29) is 0 Å². The Bertz CT molecular complexity index is 456. The van der Waals surface area contributed by atoms with Crippen molar-refractivity contribution in [3.63, 3.8) is 0 Å². The summed E-state index contributed by atoms with van der Waals surface area (Å²) in [6.07, 6.45) is 11.5. The lowest BCUT2D eigenvalue weighted by atomic mass is 9.76. The zero-order valence-corrected chi connectivity index (χ0v) is 13.2. The van der Waals surface area contributed by atoms with Crippen molar-refractivity contribution < 1.29 is 9.84 Å². The Morgan fingerprint density at radius 2 is 1.95 bits per heavy atom. The summed E-state index contributed by atoms with van der Waals surface area (Å²) in [4.78, 5) is 0. The second-order valence-electron chi connectivity index (χ2n) is 7.20. The van der Waals surface area contributed by atoms with Crippen molar-refractivity contribution in [2.45, 2.75) is 70.4 Å². The van der Waals surface area contributed by atoms with E-state index in [4.69, 9.17) is 4.74 Å². The summed E-state index contributed by atoms with van der Waals surface area (Å²) >= 11 is 0. The maximum Gasteiger partial charge on any atom is 0.0848 e. The molecule has 3 fully saturated rings. The van der Waals surface area contributed by atoms with Gasteiger partial charge in [-0.1, -0.05) is 0 Å². The average molecular weight is 292 g/mol. The van der Waals surface area contributed by atoms with Crippen molar-refractivity contribution in [2.24, 2.45) is 5.41 Å². The highest BCUT2D eigenvalue weighted by atomic mass is 16.5. The maximum atomic E-state index is 10.7. The van der Waals surface area contributed by atoms with Gasteiger partial charge in [-0.3, -0.25) is 4.68 Å². The van der Waals surface area contributed by atoms with Crippen LogP contribution in [0.1, 0.15) is 57.1 Å². The van der Waals surface area contributed by atoms with Gasteiger partial charge >= 0.3 is 0 Å². The number of nitrogens with zero attached hydrogens (tertiary/aromatic N) is 2. The molecule has 2 saturated carbocycles. The highest BCUT2D eigenvalue weighted by molar-refractivity contribution is 5.04. The first-order valence-corrected chi connectivity index (χ1v) is 8.40. The van der Waals surface area contributed by atoms with E-state index in [2.05, 4.69) is 5.10 Å². The Labute approximate surface area is 127 Å². The van der Waals surface area contributed by atoms with E-state index < -0.39 is 5.60 Å². The molecular formula is C17H28N2O2. The predicted molar refractivity (Wildman–Crippen MR) is 82.1 cm³/mol. The van der Waals surface area contributed by atoms with Crippen molar-refractivity contribution in [1.29, 1.82) is 0 Å². The van der Waals surface area contributed by atoms with E-state index >= 15 is 0 Å². The highest BCUT2D eigenvalue weighted by Crippen LogP contribution is 2.58. The SMILES string of the molecule is C1CCOC1.Cc1ccnn1CC1(O)CCCC2(CC2)C1. The number of hydrogen-bond donors (Lipinski definition) is 1. The van der Waals surface area contributed by atoms with Crippen LogP contribution in [0.2, 0.25) is 0 Å². The fourth-order valence-corrected chi connectivity index (χ4v) is 3.76. The largest absolute Gasteiger partial charge is 0.388 e. The lowest BCUT2D eigenvalue weighted by molar-refractivity contribution is -0.0387. The van der Waals surface area contributed by atoms with Crippen LogP contribution in [0.25, 0.3) is 0 Å². The fourth-order valence-electron chi connectivity index (χ4n) is 3.76. The molecular weight excluding hydrogens is 264 g/mol. The van der Waals surface area contributed by atoms with Gasteiger partial charge in [-0.2, -0.15) is 5.10 Å². The Morgan fingerprint density at radius 3 is 2.48 bits per heavy atom. The number of hydrogen-bond acceptors (Lipinski definition) is 3. The molecule has 1 atom stereocenters. The molecule has 0 bridgehead atoms. The third-order valence-corrected chi connectivity index (χ3v) is 5.21. The third kappa shape index (κ3) is 3.86. The number of aliphatic hydroxyl groups is 1. The molecule has 2 heterocycles. The second kappa shape index (κ2) is 6.09. The van der Waals surface area contributed by atoms with E-state index in [1.807, 2.05) is 23.9 Å². The van der Waals surface area contributed by atoms with Gasteiger partial charge in [0.1, 0.15) is 0 Å². The van der Waals surface area contributed by atoms with Crippen LogP contribution >= 0.6 is 0 Å². The van der Waals surface area contributed by atoms with Crippen LogP contribution < -0.4 is 0 Å². The smallest absolute Gasteiger partial charge is 0.0848 e. The van der Waals surface area contributed by atoms with E-state index in [0.717, 1.165) is 31.7 Å². The lowest BCUT2D eigenvalue weighted by Crippen LogP contribution is -2.40. The summed E-state index contributed by atoms with van der Waals surface area (Å²) in [6.45, 7) is 4.72. The quantitative estimate of drug-likeness (QED) is 0.911. The zero-order valence-electron chi connectivity index (χ0n) is 13.2. The van der Waals surface area contributed by atoms with Gasteiger partial charge in [0.2, 0.25) is 0 Å². The molecule has 1 N–H and O–H groups in total. The Hall–Kier alpha value is -0.870. The monoisotopic (exact) mass is 292 g/mol. The van der Waals surface area contributed by atoms with Crippen molar-refractivity contribution in [3.05, 3.63) is 18.0 Å². The molecule has 1 aromatic rings. The van der Waals surface area contributed by atoms with Crippen LogP contribution in [-0.2, 0) is 11.3 Å². The molecule has 1 aromatic heterocycles. The maximum absolute atomic E-state index is 10.7. The van der Waals surface area contributed by atoms with Crippen molar-refractivity contribution >= 4 is 0 Å². The minimum absolute atomic E-state index is 0.508. The number of ether oxygens (including phenoxy) is 1. The van der Waals surface area contributed by atoms with Crippen molar-refractivity contribution in [1.82, 2.24) is 9.78 Å². The summed E-state index contributed by atoms with van der Waals surface area (Å²) in [5, 5.41) is 15.0. The Kier molecular flexibility index (Phi) is 4.36. The van der Waals surface area contributed by atoms with Crippen LogP contribution in [0.3, 0.4) is 0 Å². The Balaban J connectivity index is 0.000000225. The number of aryl methyl sites for hydroxylation is 1. The van der Waals surface area contributed by atoms with Crippen molar-refractivity contribution in [3.8, 4) is 0 Å². The molecule has 0 amide bonds. The first-order chi connectivity index (χ1) is 10.1. The molecule has 2 aliphatic carbocycles. The molecule has 4 nitrogen and oxygen atoms in total. The van der Waals surface area contributed by atoms with Crippen LogP contribution in [0.15, 0.2) is 12.3 Å². The third-order valence-electron chi connectivity index (χ3n) is 5.21. The van der Waals surface area contributed by atoms with Gasteiger partial charge in [0.25, 0.3) is 0 Å². The molecule has 0 aromatic carbocycles. The number of aromatic nitrogens is 2. The van der Waals surface area contributed by atoms with Gasteiger partial charge in [-0.05, 0) is 69.8 Å². The van der Waals surface area contributed by atoms with E-state index in [1.165, 1.54) is 38.5 Å². The van der Waals surface area contributed by atoms with Crippen LogP contribution in [0.5, 0.6) is 0 Å². The summed E-state index contributed by atoms with van der Waals surface area (Å²) in [7, 11) is 0. The van der Waals surface area contributed by atoms with E-state index in [1.54, 1.807) is 0 Å². The first-order valence-electron chi connectivity index (χ1n) is 8.40. The zero-order chi connectivity index (χ0) is 14.8. The minimum atomic E-state index is -0.508. The van der Waals surface area contributed by atoms with Gasteiger partial charge in [0, 0.05) is 25.1 Å². The molecule has 1 saturated heterocycles. The molecule has 21 heavy (non-hydrogen) atoms. The fraction of sp³-hybridized carbons (Fsp3) is 0.824. The topological polar surface area (TPSA) is 47.3 Å². The van der Waals surface area contributed by atoms with E-state index in [0.29, 0.717) is 12.0 Å². The second-order valence-corrected chi connectivity index (χ2v) is 7.20. The van der Waals surface area contributed by atoms with Crippen molar-refractivity contribution in [2.75, 3.05) is 13.2 Å². The molecule has 1 unspecified atom stereocenters. The van der Waals surface area contributed by atoms with Crippen LogP contribution in [0, 0.1) is 12.3 Å². The molecule has 4 heteroatoms. The van der Waals surface area contributed by atoms with Gasteiger partial charge in [-0.25, -0.2) is 0 Å². The van der Waals surface area contributed by atoms with Crippen LogP contribution in [-0.4, -0.2) is 33.7 Å². The molecule has 3 aliphatic rings. The normalized spacial score (nSPS) is 30.0.